The predicted octanol–water partition coefficient (Wildman–Crippen LogP) is 4.22. The number of benzene rings is 3. The molecule has 1 saturated heterocycles. The first-order valence-corrected chi connectivity index (χ1v) is 11.1. The quantitative estimate of drug-likeness (QED) is 0.624. The van der Waals surface area contributed by atoms with Gasteiger partial charge in [-0.2, -0.15) is 5.26 Å². The molecule has 0 radical (unpaired) electrons. The Kier molecular flexibility index (Phi) is 7.00. The van der Waals surface area contributed by atoms with Crippen LogP contribution in [0.4, 0.5) is 10.1 Å². The molecule has 0 atom stereocenters. The molecule has 0 unspecified atom stereocenters. The van der Waals surface area contributed by atoms with E-state index in [0.717, 1.165) is 11.1 Å². The molecular formula is C27H25FN4O2. The van der Waals surface area contributed by atoms with E-state index in [9.17, 15) is 14.0 Å². The summed E-state index contributed by atoms with van der Waals surface area (Å²) in [5, 5.41) is 11.8. The van der Waals surface area contributed by atoms with Crippen LogP contribution in [0.1, 0.15) is 37.4 Å². The summed E-state index contributed by atoms with van der Waals surface area (Å²) in [6, 6.07) is 20.4. The van der Waals surface area contributed by atoms with Crippen LogP contribution in [0.2, 0.25) is 0 Å². The smallest absolute Gasteiger partial charge is 0.255 e. The maximum Gasteiger partial charge on any atom is 0.255 e. The molecule has 3 aromatic rings. The lowest BCUT2D eigenvalue weighted by molar-refractivity contribution is 0.0628. The number of nitrogens with one attached hydrogen (secondary N) is 1. The normalized spacial score (nSPS) is 13.9. The molecule has 2 amide bonds. The summed E-state index contributed by atoms with van der Waals surface area (Å²) in [6.07, 6.45) is 0. The SMILES string of the molecule is Cc1c(CN2CCN(C(=O)c3ccccc3)CC2)cc(F)cc1NC(=O)c1cccc(C#N)c1. The number of nitrogens with zero attached hydrogens (tertiary/aromatic N) is 3. The van der Waals surface area contributed by atoms with E-state index in [1.54, 1.807) is 18.2 Å². The molecule has 1 N–H and O–H groups in total. The van der Waals surface area contributed by atoms with Crippen LogP contribution < -0.4 is 5.32 Å². The molecule has 6 nitrogen and oxygen atoms in total. The minimum absolute atomic E-state index is 0.0210. The molecular weight excluding hydrogens is 431 g/mol. The van der Waals surface area contributed by atoms with Crippen molar-refractivity contribution in [3.05, 3.63) is 100 Å². The summed E-state index contributed by atoms with van der Waals surface area (Å²) in [5.41, 5.74) is 3.37. The van der Waals surface area contributed by atoms with Crippen molar-refractivity contribution in [3.63, 3.8) is 0 Å². The zero-order valence-corrected chi connectivity index (χ0v) is 18.9. The third-order valence-corrected chi connectivity index (χ3v) is 6.06. The third kappa shape index (κ3) is 5.30. The van der Waals surface area contributed by atoms with Crippen molar-refractivity contribution < 1.29 is 14.0 Å². The van der Waals surface area contributed by atoms with E-state index in [2.05, 4.69) is 10.2 Å². The molecule has 1 heterocycles. The molecule has 0 bridgehead atoms. The van der Waals surface area contributed by atoms with Gasteiger partial charge in [0.15, 0.2) is 0 Å². The number of halogens is 1. The monoisotopic (exact) mass is 456 g/mol. The van der Waals surface area contributed by atoms with E-state index < -0.39 is 11.7 Å². The summed E-state index contributed by atoms with van der Waals surface area (Å²) in [7, 11) is 0. The van der Waals surface area contributed by atoms with Crippen molar-refractivity contribution in [1.82, 2.24) is 9.80 Å². The van der Waals surface area contributed by atoms with Gasteiger partial charge in [0.25, 0.3) is 11.8 Å². The van der Waals surface area contributed by atoms with Gasteiger partial charge in [-0.15, -0.1) is 0 Å². The molecule has 1 aliphatic rings. The lowest BCUT2D eigenvalue weighted by atomic mass is 10.0. The van der Waals surface area contributed by atoms with Gasteiger partial charge in [0.05, 0.1) is 11.6 Å². The summed E-state index contributed by atoms with van der Waals surface area (Å²) in [5.74, 6) is -0.808. The second-order valence-corrected chi connectivity index (χ2v) is 8.32. The number of anilines is 1. The van der Waals surface area contributed by atoms with Gasteiger partial charge in [0, 0.05) is 49.5 Å². The van der Waals surface area contributed by atoms with Gasteiger partial charge in [-0.1, -0.05) is 24.3 Å². The number of nitriles is 1. The van der Waals surface area contributed by atoms with E-state index in [1.165, 1.54) is 18.2 Å². The van der Waals surface area contributed by atoms with Crippen molar-refractivity contribution >= 4 is 17.5 Å². The van der Waals surface area contributed by atoms with Gasteiger partial charge in [0.1, 0.15) is 5.82 Å². The highest BCUT2D eigenvalue weighted by molar-refractivity contribution is 6.05. The maximum atomic E-state index is 14.4. The largest absolute Gasteiger partial charge is 0.336 e. The summed E-state index contributed by atoms with van der Waals surface area (Å²) >= 11 is 0. The van der Waals surface area contributed by atoms with Crippen molar-refractivity contribution in [1.29, 1.82) is 5.26 Å². The Labute approximate surface area is 198 Å². The molecule has 7 heteroatoms. The molecule has 172 valence electrons. The number of piperazine rings is 1. The fourth-order valence-electron chi connectivity index (χ4n) is 4.07. The Hall–Kier alpha value is -4.02. The first-order valence-electron chi connectivity index (χ1n) is 11.1. The van der Waals surface area contributed by atoms with E-state index in [4.69, 9.17) is 5.26 Å². The molecule has 0 spiro atoms. The van der Waals surface area contributed by atoms with E-state index in [1.807, 2.05) is 48.2 Å². The lowest BCUT2D eigenvalue weighted by Crippen LogP contribution is -2.48. The van der Waals surface area contributed by atoms with Crippen LogP contribution in [0.15, 0.2) is 66.7 Å². The Morgan fingerprint density at radius 2 is 1.68 bits per heavy atom. The van der Waals surface area contributed by atoms with Crippen LogP contribution in [-0.4, -0.2) is 47.8 Å². The number of hydrogen-bond donors (Lipinski definition) is 1. The summed E-state index contributed by atoms with van der Waals surface area (Å²) in [4.78, 5) is 29.4. The number of rotatable bonds is 5. The summed E-state index contributed by atoms with van der Waals surface area (Å²) < 4.78 is 14.4. The zero-order chi connectivity index (χ0) is 24.1. The zero-order valence-electron chi connectivity index (χ0n) is 18.9. The Balaban J connectivity index is 1.42. The molecule has 0 aliphatic carbocycles. The molecule has 34 heavy (non-hydrogen) atoms. The van der Waals surface area contributed by atoms with Gasteiger partial charge in [0.2, 0.25) is 0 Å². The lowest BCUT2D eigenvalue weighted by Gasteiger charge is -2.35. The first-order chi connectivity index (χ1) is 16.4. The average molecular weight is 457 g/mol. The van der Waals surface area contributed by atoms with E-state index in [-0.39, 0.29) is 5.91 Å². The van der Waals surface area contributed by atoms with Gasteiger partial charge in [-0.25, -0.2) is 4.39 Å². The second-order valence-electron chi connectivity index (χ2n) is 8.32. The number of carbonyl (C=O) groups excluding carboxylic acids is 2. The van der Waals surface area contributed by atoms with Crippen molar-refractivity contribution in [3.8, 4) is 6.07 Å². The van der Waals surface area contributed by atoms with E-state index in [0.29, 0.717) is 55.1 Å². The topological polar surface area (TPSA) is 76.4 Å². The van der Waals surface area contributed by atoms with Crippen LogP contribution in [0, 0.1) is 24.1 Å². The average Bonchev–Trinajstić information content (AvgIpc) is 2.87. The Morgan fingerprint density at radius 1 is 0.971 bits per heavy atom. The number of hydrogen-bond acceptors (Lipinski definition) is 4. The molecule has 4 rings (SSSR count). The number of carbonyl (C=O) groups is 2. The van der Waals surface area contributed by atoms with Gasteiger partial charge in [-0.3, -0.25) is 14.5 Å². The maximum absolute atomic E-state index is 14.4. The van der Waals surface area contributed by atoms with Gasteiger partial charge >= 0.3 is 0 Å². The molecule has 0 aromatic heterocycles. The molecule has 3 aromatic carbocycles. The Morgan fingerprint density at radius 3 is 2.38 bits per heavy atom. The van der Waals surface area contributed by atoms with Crippen LogP contribution in [0.5, 0.6) is 0 Å². The standard InChI is InChI=1S/C27H25FN4O2/c1-19-23(18-31-10-12-32(13-11-31)27(34)21-7-3-2-4-8-21)15-24(28)16-25(19)30-26(33)22-9-5-6-20(14-22)17-29/h2-9,14-16H,10-13,18H2,1H3,(H,30,33). The highest BCUT2D eigenvalue weighted by atomic mass is 19.1. The highest BCUT2D eigenvalue weighted by Gasteiger charge is 2.23. The highest BCUT2D eigenvalue weighted by Crippen LogP contribution is 2.24. The second kappa shape index (κ2) is 10.3. The number of amides is 2. The minimum atomic E-state index is -0.431. The van der Waals surface area contributed by atoms with Crippen molar-refractivity contribution in [2.24, 2.45) is 0 Å². The van der Waals surface area contributed by atoms with Crippen LogP contribution in [-0.2, 0) is 6.54 Å². The third-order valence-electron chi connectivity index (χ3n) is 6.06. The van der Waals surface area contributed by atoms with E-state index >= 15 is 0 Å². The van der Waals surface area contributed by atoms with Gasteiger partial charge < -0.3 is 10.2 Å². The predicted molar refractivity (Wildman–Crippen MR) is 128 cm³/mol. The molecule has 1 aliphatic heterocycles. The minimum Gasteiger partial charge on any atom is -0.336 e. The van der Waals surface area contributed by atoms with Gasteiger partial charge in [-0.05, 0) is 60.5 Å². The fraction of sp³-hybridized carbons (Fsp3) is 0.222. The van der Waals surface area contributed by atoms with Crippen LogP contribution in [0.3, 0.4) is 0 Å². The molecule has 1 fully saturated rings. The first kappa shape index (κ1) is 23.1. The molecule has 0 saturated carbocycles. The Bertz CT molecular complexity index is 1250. The van der Waals surface area contributed by atoms with Crippen LogP contribution >= 0.6 is 0 Å². The van der Waals surface area contributed by atoms with Crippen molar-refractivity contribution in [2.75, 3.05) is 31.5 Å². The summed E-state index contributed by atoms with van der Waals surface area (Å²) in [6.45, 7) is 4.92. The fourth-order valence-corrected chi connectivity index (χ4v) is 4.07. The van der Waals surface area contributed by atoms with Crippen LogP contribution in [0.25, 0.3) is 0 Å². The van der Waals surface area contributed by atoms with Crippen molar-refractivity contribution in [2.45, 2.75) is 13.5 Å².